The van der Waals surface area contributed by atoms with Crippen LogP contribution in [0.1, 0.15) is 37.8 Å². The van der Waals surface area contributed by atoms with E-state index in [9.17, 15) is 0 Å². The van der Waals surface area contributed by atoms with Gasteiger partial charge in [-0.1, -0.05) is 141 Å². The largest absolute Gasteiger partial charge is 0.313 e. The van der Waals surface area contributed by atoms with Crippen molar-refractivity contribution in [2.24, 2.45) is 0 Å². The number of nitrogens with zero attached hydrogens (tertiary/aromatic N) is 6. The van der Waals surface area contributed by atoms with Gasteiger partial charge in [-0.2, -0.15) is 0 Å². The average molecular weight is 835 g/mol. The molecule has 65 heavy (non-hydrogen) atoms. The Morgan fingerprint density at radius 1 is 0.462 bits per heavy atom. The van der Waals surface area contributed by atoms with Crippen LogP contribution in [0.2, 0.25) is 0 Å². The van der Waals surface area contributed by atoms with Crippen LogP contribution in [0.5, 0.6) is 0 Å². The quantitative estimate of drug-likeness (QED) is 0.167. The van der Waals surface area contributed by atoms with E-state index in [1.165, 1.54) is 71.7 Å². The van der Waals surface area contributed by atoms with Gasteiger partial charge in [0.15, 0.2) is 17.5 Å². The Morgan fingerprint density at radius 2 is 1.08 bits per heavy atom. The second kappa shape index (κ2) is 14.4. The zero-order chi connectivity index (χ0) is 43.2. The maximum atomic E-state index is 5.20. The lowest BCUT2D eigenvalue weighted by atomic mass is 9.82. The van der Waals surface area contributed by atoms with E-state index in [1.54, 1.807) is 0 Å². The second-order valence-corrected chi connectivity index (χ2v) is 17.8. The Labute approximate surface area is 376 Å². The third-order valence-corrected chi connectivity index (χ3v) is 13.7. The zero-order valence-corrected chi connectivity index (χ0v) is 36.1. The summed E-state index contributed by atoms with van der Waals surface area (Å²) in [5, 5.41) is 4.88. The molecule has 0 radical (unpaired) electrons. The van der Waals surface area contributed by atoms with Crippen LogP contribution in [0.4, 0.5) is 0 Å². The Bertz CT molecular complexity index is 3740. The van der Waals surface area contributed by atoms with Gasteiger partial charge < -0.3 is 9.13 Å². The molecule has 4 aromatic heterocycles. The molecule has 6 heteroatoms. The summed E-state index contributed by atoms with van der Waals surface area (Å²) in [6.07, 6.45) is 12.6. The van der Waals surface area contributed by atoms with Gasteiger partial charge >= 0.3 is 0 Å². The van der Waals surface area contributed by atoms with Crippen molar-refractivity contribution < 1.29 is 0 Å². The van der Waals surface area contributed by atoms with Gasteiger partial charge in [-0.3, -0.25) is 4.98 Å². The molecule has 13 rings (SSSR count). The van der Waals surface area contributed by atoms with E-state index in [0.717, 1.165) is 46.3 Å². The minimum Gasteiger partial charge on any atom is -0.313 e. The van der Waals surface area contributed by atoms with Crippen molar-refractivity contribution in [1.29, 1.82) is 0 Å². The highest BCUT2D eigenvalue weighted by Gasteiger charge is 2.36. The fraction of sp³-hybridized carbons (Fsp3) is 0.0847. The van der Waals surface area contributed by atoms with Crippen molar-refractivity contribution in [1.82, 2.24) is 29.1 Å². The number of allylic oxidation sites excluding steroid dienone is 4. The Morgan fingerprint density at radius 3 is 1.80 bits per heavy atom. The predicted molar refractivity (Wildman–Crippen MR) is 267 cm³/mol. The number of pyridine rings is 1. The summed E-state index contributed by atoms with van der Waals surface area (Å²) >= 11 is 0. The molecule has 0 saturated carbocycles. The highest BCUT2D eigenvalue weighted by atomic mass is 15.1. The number of benzene rings is 7. The van der Waals surface area contributed by atoms with Crippen LogP contribution in [0, 0.1) is 0 Å². The molecule has 0 N–H and O–H groups in total. The minimum absolute atomic E-state index is 0.188. The summed E-state index contributed by atoms with van der Waals surface area (Å²) in [5.74, 6) is 1.82. The summed E-state index contributed by atoms with van der Waals surface area (Å²) in [6.45, 7) is 4.69. The standard InChI is InChI=1S/C59H42N6/c1-59(2)49-24-14-12-22-42(49)45-34-48-47-33-40(39-26-28-52-46(32-39)43-23-13-15-25-51(43)64(52)41-20-10-5-11-21-41)27-29-53(47)65(54(48)35-50(45)59)55-36-60-31-30-44(55)58-62-56(37-16-6-3-7-17-37)61-57(63-58)38-18-8-4-9-19-38/h3-10,12-20,22-36H,11,21H2,1-2H3. The molecule has 0 bridgehead atoms. The molecule has 0 fully saturated rings. The van der Waals surface area contributed by atoms with Crippen LogP contribution in [0.15, 0.2) is 194 Å². The van der Waals surface area contributed by atoms with Crippen molar-refractivity contribution in [2.75, 3.05) is 0 Å². The van der Waals surface area contributed by atoms with Gasteiger partial charge in [0, 0.05) is 55.5 Å². The van der Waals surface area contributed by atoms with Crippen LogP contribution in [-0.4, -0.2) is 29.1 Å². The molecule has 6 nitrogen and oxygen atoms in total. The maximum absolute atomic E-state index is 5.20. The van der Waals surface area contributed by atoms with Gasteiger partial charge in [-0.25, -0.2) is 15.0 Å². The molecule has 2 aliphatic carbocycles. The normalized spacial score (nSPS) is 14.0. The molecule has 0 spiro atoms. The number of para-hydroxylation sites is 1. The van der Waals surface area contributed by atoms with Crippen LogP contribution < -0.4 is 0 Å². The van der Waals surface area contributed by atoms with E-state index in [1.807, 2.05) is 79.1 Å². The zero-order valence-electron chi connectivity index (χ0n) is 36.1. The van der Waals surface area contributed by atoms with Crippen molar-refractivity contribution in [2.45, 2.75) is 32.1 Å². The first-order chi connectivity index (χ1) is 32.0. The fourth-order valence-corrected chi connectivity index (χ4v) is 10.6. The van der Waals surface area contributed by atoms with Crippen molar-refractivity contribution in [3.05, 3.63) is 206 Å². The number of hydrogen-bond acceptors (Lipinski definition) is 4. The molecule has 7 aromatic carbocycles. The first kappa shape index (κ1) is 37.3. The van der Waals surface area contributed by atoms with Gasteiger partial charge in [-0.15, -0.1) is 0 Å². The lowest BCUT2D eigenvalue weighted by molar-refractivity contribution is 0.661. The molecule has 0 amide bonds. The molecule has 0 aliphatic heterocycles. The van der Waals surface area contributed by atoms with Gasteiger partial charge in [0.1, 0.15) is 0 Å². The lowest BCUT2D eigenvalue weighted by Gasteiger charge is -2.22. The van der Waals surface area contributed by atoms with E-state index in [2.05, 4.69) is 138 Å². The number of aromatic nitrogens is 6. The van der Waals surface area contributed by atoms with Gasteiger partial charge in [0.2, 0.25) is 0 Å². The van der Waals surface area contributed by atoms with E-state index >= 15 is 0 Å². The Kier molecular flexibility index (Phi) is 8.28. The first-order valence-electron chi connectivity index (χ1n) is 22.4. The number of hydrogen-bond donors (Lipinski definition) is 0. The fourth-order valence-electron chi connectivity index (χ4n) is 10.6. The third kappa shape index (κ3) is 5.80. The SMILES string of the molecule is CC1(C)c2ccccc2-c2cc3c4cc(-c5ccc6c(c5)c5ccccc5n6C5=CC=CCC5)ccc4n(-c4cnccc4-c4nc(-c5ccccc5)nc(-c5ccccc5)n4)c3cc21. The molecular formula is C59H42N6. The molecule has 4 heterocycles. The minimum atomic E-state index is -0.188. The molecular weight excluding hydrogens is 793 g/mol. The topological polar surface area (TPSA) is 61.4 Å². The van der Waals surface area contributed by atoms with Crippen molar-refractivity contribution in [3.63, 3.8) is 0 Å². The lowest BCUT2D eigenvalue weighted by Crippen LogP contribution is -2.15. The highest BCUT2D eigenvalue weighted by molar-refractivity contribution is 6.14. The third-order valence-electron chi connectivity index (χ3n) is 13.7. The summed E-state index contributed by atoms with van der Waals surface area (Å²) < 4.78 is 4.84. The maximum Gasteiger partial charge on any atom is 0.166 e. The van der Waals surface area contributed by atoms with Gasteiger partial charge in [0.05, 0.1) is 34.0 Å². The van der Waals surface area contributed by atoms with Crippen LogP contribution in [0.3, 0.4) is 0 Å². The van der Waals surface area contributed by atoms with Crippen LogP contribution in [-0.2, 0) is 5.41 Å². The molecule has 2 aliphatic rings. The summed E-state index contributed by atoms with van der Waals surface area (Å²) in [7, 11) is 0. The number of rotatable bonds is 6. The van der Waals surface area contributed by atoms with Crippen LogP contribution >= 0.6 is 0 Å². The van der Waals surface area contributed by atoms with E-state index < -0.39 is 0 Å². The molecule has 0 atom stereocenters. The van der Waals surface area contributed by atoms with Crippen molar-refractivity contribution >= 4 is 49.3 Å². The van der Waals surface area contributed by atoms with Gasteiger partial charge in [0.25, 0.3) is 0 Å². The second-order valence-electron chi connectivity index (χ2n) is 17.8. The Hall–Kier alpha value is -8.22. The smallest absolute Gasteiger partial charge is 0.166 e. The predicted octanol–water partition coefficient (Wildman–Crippen LogP) is 14.6. The molecule has 0 unspecified atom stereocenters. The van der Waals surface area contributed by atoms with Gasteiger partial charge in [-0.05, 0) is 101 Å². The summed E-state index contributed by atoms with van der Waals surface area (Å²) in [5.41, 5.74) is 17.0. The van der Waals surface area contributed by atoms with Crippen molar-refractivity contribution in [3.8, 4) is 62.1 Å². The first-order valence-corrected chi connectivity index (χ1v) is 22.4. The Balaban J connectivity index is 1.05. The number of fused-ring (bicyclic) bond motifs is 9. The molecule has 11 aromatic rings. The highest BCUT2D eigenvalue weighted by Crippen LogP contribution is 2.51. The van der Waals surface area contributed by atoms with E-state index in [4.69, 9.17) is 19.9 Å². The average Bonchev–Trinajstić information content (AvgIpc) is 3.95. The summed E-state index contributed by atoms with van der Waals surface area (Å²) in [4.78, 5) is 20.2. The summed E-state index contributed by atoms with van der Waals surface area (Å²) in [6, 6.07) is 58.9. The van der Waals surface area contributed by atoms with E-state index in [-0.39, 0.29) is 5.41 Å². The monoisotopic (exact) mass is 834 g/mol. The van der Waals surface area contributed by atoms with E-state index in [0.29, 0.717) is 17.5 Å². The molecule has 0 saturated heterocycles. The van der Waals surface area contributed by atoms with Crippen LogP contribution in [0.25, 0.3) is 111 Å². The molecule has 308 valence electrons.